The summed E-state index contributed by atoms with van der Waals surface area (Å²) in [6.45, 7) is 5.80. The monoisotopic (exact) mass is 425 g/mol. The van der Waals surface area contributed by atoms with Gasteiger partial charge in [0.05, 0.1) is 19.9 Å². The molecule has 2 heterocycles. The summed E-state index contributed by atoms with van der Waals surface area (Å²) in [5.41, 5.74) is 3.56. The molecule has 164 valence electrons. The summed E-state index contributed by atoms with van der Waals surface area (Å²) in [7, 11) is 4.92. The van der Waals surface area contributed by atoms with Gasteiger partial charge in [-0.3, -0.25) is 14.3 Å². The number of ether oxygens (including phenoxy) is 2. The first-order valence-corrected chi connectivity index (χ1v) is 9.85. The Kier molecular flexibility index (Phi) is 6.43. The first kappa shape index (κ1) is 22.1. The standard InChI is InChI=1S/C22H27N5O4/c1-13-18(14(2)26(4)24-13)12-23-22(29)15(3)27-20(28)11-19(31-6)21(25-27)16-7-9-17(30-5)10-8-16/h7-11,15H,12H2,1-6H3,(H,23,29)/t15-/m1/s1. The molecule has 2 aromatic heterocycles. The van der Waals surface area contributed by atoms with Gasteiger partial charge in [-0.15, -0.1) is 0 Å². The van der Waals surface area contributed by atoms with Crippen LogP contribution in [0.15, 0.2) is 35.1 Å². The first-order chi connectivity index (χ1) is 14.8. The van der Waals surface area contributed by atoms with Gasteiger partial charge < -0.3 is 14.8 Å². The lowest BCUT2D eigenvalue weighted by atomic mass is 10.1. The number of hydrogen-bond acceptors (Lipinski definition) is 6. The van der Waals surface area contributed by atoms with Gasteiger partial charge in [-0.1, -0.05) is 0 Å². The number of nitrogens with one attached hydrogen (secondary N) is 1. The van der Waals surface area contributed by atoms with Crippen LogP contribution < -0.4 is 20.3 Å². The molecule has 1 aromatic carbocycles. The van der Waals surface area contributed by atoms with Crippen molar-refractivity contribution < 1.29 is 14.3 Å². The highest BCUT2D eigenvalue weighted by Crippen LogP contribution is 2.28. The van der Waals surface area contributed by atoms with Crippen molar-refractivity contribution in [1.82, 2.24) is 24.9 Å². The van der Waals surface area contributed by atoms with E-state index in [0.29, 0.717) is 23.7 Å². The maximum atomic E-state index is 12.8. The zero-order valence-electron chi connectivity index (χ0n) is 18.6. The van der Waals surface area contributed by atoms with Crippen molar-refractivity contribution in [3.05, 3.63) is 57.6 Å². The van der Waals surface area contributed by atoms with E-state index >= 15 is 0 Å². The second-order valence-electron chi connectivity index (χ2n) is 7.24. The normalized spacial score (nSPS) is 11.8. The van der Waals surface area contributed by atoms with Crippen molar-refractivity contribution in [3.63, 3.8) is 0 Å². The summed E-state index contributed by atoms with van der Waals surface area (Å²) >= 11 is 0. The van der Waals surface area contributed by atoms with E-state index in [2.05, 4.69) is 15.5 Å². The fourth-order valence-corrected chi connectivity index (χ4v) is 3.34. The minimum atomic E-state index is -0.812. The highest BCUT2D eigenvalue weighted by molar-refractivity contribution is 5.80. The Morgan fingerprint density at radius 3 is 2.35 bits per heavy atom. The molecule has 0 fully saturated rings. The van der Waals surface area contributed by atoms with Crippen LogP contribution in [0.3, 0.4) is 0 Å². The van der Waals surface area contributed by atoms with Crippen LogP contribution in [0.2, 0.25) is 0 Å². The van der Waals surface area contributed by atoms with Crippen LogP contribution in [0.1, 0.15) is 29.9 Å². The van der Waals surface area contributed by atoms with E-state index in [1.54, 1.807) is 30.8 Å². The van der Waals surface area contributed by atoms with Gasteiger partial charge in [0.15, 0.2) is 5.75 Å². The highest BCUT2D eigenvalue weighted by Gasteiger charge is 2.21. The zero-order valence-corrected chi connectivity index (χ0v) is 18.6. The Morgan fingerprint density at radius 2 is 1.81 bits per heavy atom. The van der Waals surface area contributed by atoms with Gasteiger partial charge in [0.2, 0.25) is 5.91 Å². The molecule has 0 aliphatic carbocycles. The maximum absolute atomic E-state index is 12.8. The third-order valence-electron chi connectivity index (χ3n) is 5.35. The molecule has 9 heteroatoms. The smallest absolute Gasteiger partial charge is 0.271 e. The molecule has 0 aliphatic rings. The van der Waals surface area contributed by atoms with Gasteiger partial charge >= 0.3 is 0 Å². The first-order valence-electron chi connectivity index (χ1n) is 9.85. The second-order valence-corrected chi connectivity index (χ2v) is 7.24. The van der Waals surface area contributed by atoms with Gasteiger partial charge in [-0.2, -0.15) is 10.2 Å². The summed E-state index contributed by atoms with van der Waals surface area (Å²) in [5.74, 6) is 0.716. The molecule has 3 aromatic rings. The number of hydrogen-bond donors (Lipinski definition) is 1. The van der Waals surface area contributed by atoms with E-state index in [4.69, 9.17) is 9.47 Å². The SMILES string of the molecule is COc1ccc(-c2nn([C@H](C)C(=O)NCc3c(C)nn(C)c3C)c(=O)cc2OC)cc1. The maximum Gasteiger partial charge on any atom is 0.271 e. The van der Waals surface area contributed by atoms with E-state index in [9.17, 15) is 9.59 Å². The number of methoxy groups -OCH3 is 2. The van der Waals surface area contributed by atoms with Gasteiger partial charge in [-0.05, 0) is 45.0 Å². The van der Waals surface area contributed by atoms with E-state index in [1.807, 2.05) is 33.0 Å². The molecule has 1 amide bonds. The van der Waals surface area contributed by atoms with E-state index < -0.39 is 11.6 Å². The predicted octanol–water partition coefficient (Wildman–Crippen LogP) is 2.16. The van der Waals surface area contributed by atoms with Crippen molar-refractivity contribution in [2.45, 2.75) is 33.4 Å². The fraction of sp³-hybridized carbons (Fsp3) is 0.364. The Balaban J connectivity index is 1.88. The van der Waals surface area contributed by atoms with Crippen LogP contribution in [-0.4, -0.2) is 39.7 Å². The third kappa shape index (κ3) is 4.45. The molecule has 9 nitrogen and oxygen atoms in total. The van der Waals surface area contributed by atoms with E-state index in [-0.39, 0.29) is 5.91 Å². The average Bonchev–Trinajstić information content (AvgIpc) is 3.02. The Bertz CT molecular complexity index is 1150. The van der Waals surface area contributed by atoms with Crippen LogP contribution in [0.5, 0.6) is 11.5 Å². The average molecular weight is 425 g/mol. The lowest BCUT2D eigenvalue weighted by Gasteiger charge is -2.17. The number of carbonyl (C=O) groups excluding carboxylic acids is 1. The van der Waals surface area contributed by atoms with E-state index in [0.717, 1.165) is 22.5 Å². The van der Waals surface area contributed by atoms with Crippen LogP contribution in [0, 0.1) is 13.8 Å². The van der Waals surface area contributed by atoms with Crippen molar-refractivity contribution in [2.75, 3.05) is 14.2 Å². The summed E-state index contributed by atoms with van der Waals surface area (Å²) in [4.78, 5) is 25.4. The molecule has 1 N–H and O–H groups in total. The molecule has 1 atom stereocenters. The fourth-order valence-electron chi connectivity index (χ4n) is 3.34. The number of amides is 1. The summed E-state index contributed by atoms with van der Waals surface area (Å²) in [5, 5.41) is 11.7. The Morgan fingerprint density at radius 1 is 1.13 bits per heavy atom. The molecule has 0 saturated carbocycles. The molecule has 0 saturated heterocycles. The van der Waals surface area contributed by atoms with Crippen LogP contribution in [0.4, 0.5) is 0 Å². The van der Waals surface area contributed by atoms with Crippen LogP contribution >= 0.6 is 0 Å². The van der Waals surface area contributed by atoms with Gasteiger partial charge in [0, 0.05) is 36.5 Å². The summed E-state index contributed by atoms with van der Waals surface area (Å²) < 4.78 is 13.5. The third-order valence-corrected chi connectivity index (χ3v) is 5.35. The molecule has 31 heavy (non-hydrogen) atoms. The summed E-state index contributed by atoms with van der Waals surface area (Å²) in [6, 6.07) is 7.74. The quantitative estimate of drug-likeness (QED) is 0.623. The number of rotatable bonds is 7. The second kappa shape index (κ2) is 9.03. The number of aryl methyl sites for hydroxylation is 2. The van der Waals surface area contributed by atoms with E-state index in [1.165, 1.54) is 17.9 Å². The van der Waals surface area contributed by atoms with Crippen molar-refractivity contribution in [2.24, 2.45) is 7.05 Å². The number of carbonyl (C=O) groups is 1. The molecule has 0 unspecified atom stereocenters. The minimum Gasteiger partial charge on any atom is -0.497 e. The predicted molar refractivity (Wildman–Crippen MR) is 116 cm³/mol. The highest BCUT2D eigenvalue weighted by atomic mass is 16.5. The van der Waals surface area contributed by atoms with Gasteiger partial charge in [0.25, 0.3) is 5.56 Å². The van der Waals surface area contributed by atoms with Crippen LogP contribution in [-0.2, 0) is 18.4 Å². The summed E-state index contributed by atoms with van der Waals surface area (Å²) in [6.07, 6.45) is 0. The zero-order chi connectivity index (χ0) is 22.7. The van der Waals surface area contributed by atoms with Crippen molar-refractivity contribution in [1.29, 1.82) is 0 Å². The Hall–Kier alpha value is -3.62. The lowest BCUT2D eigenvalue weighted by Crippen LogP contribution is -2.37. The molecule has 3 rings (SSSR count). The van der Waals surface area contributed by atoms with Gasteiger partial charge in [0.1, 0.15) is 17.5 Å². The molecular weight excluding hydrogens is 398 g/mol. The van der Waals surface area contributed by atoms with Crippen molar-refractivity contribution >= 4 is 5.91 Å². The molecular formula is C22H27N5O4. The number of nitrogens with zero attached hydrogens (tertiary/aromatic N) is 4. The Labute approximate surface area is 180 Å². The number of benzene rings is 1. The minimum absolute atomic E-state index is 0.317. The largest absolute Gasteiger partial charge is 0.497 e. The van der Waals surface area contributed by atoms with Crippen molar-refractivity contribution in [3.8, 4) is 22.8 Å². The van der Waals surface area contributed by atoms with Gasteiger partial charge in [-0.25, -0.2) is 4.68 Å². The molecule has 0 bridgehead atoms. The molecule has 0 radical (unpaired) electrons. The van der Waals surface area contributed by atoms with Crippen LogP contribution in [0.25, 0.3) is 11.3 Å². The number of aromatic nitrogens is 4. The molecule has 0 aliphatic heterocycles. The lowest BCUT2D eigenvalue weighted by molar-refractivity contribution is -0.124. The molecule has 0 spiro atoms. The topological polar surface area (TPSA) is 100 Å².